The van der Waals surface area contributed by atoms with E-state index < -0.39 is 5.97 Å². The fourth-order valence-electron chi connectivity index (χ4n) is 5.39. The molecular formula is C29H32FN5O2. The first-order valence-corrected chi connectivity index (χ1v) is 12.8. The second-order valence-corrected chi connectivity index (χ2v) is 10.1. The molecule has 1 fully saturated rings. The lowest BCUT2D eigenvalue weighted by Gasteiger charge is -2.24. The molecule has 2 atom stereocenters. The number of halogens is 1. The Hall–Kier alpha value is -3.65. The van der Waals surface area contributed by atoms with Crippen LogP contribution < -0.4 is 0 Å². The van der Waals surface area contributed by atoms with Gasteiger partial charge in [-0.15, -0.1) is 0 Å². The van der Waals surface area contributed by atoms with E-state index in [9.17, 15) is 14.3 Å². The van der Waals surface area contributed by atoms with Gasteiger partial charge >= 0.3 is 5.97 Å². The maximum Gasteiger partial charge on any atom is 0.304 e. The molecule has 4 aromatic rings. The molecule has 4 heterocycles. The Morgan fingerprint density at radius 2 is 2.05 bits per heavy atom. The van der Waals surface area contributed by atoms with Gasteiger partial charge in [-0.05, 0) is 87.5 Å². The molecule has 1 aliphatic heterocycles. The summed E-state index contributed by atoms with van der Waals surface area (Å²) in [5, 5.41) is 15.0. The molecule has 8 heteroatoms. The van der Waals surface area contributed by atoms with E-state index in [-0.39, 0.29) is 18.2 Å². The number of carbonyl (C=O) groups is 1. The molecule has 0 radical (unpaired) electrons. The average Bonchev–Trinajstić information content (AvgIpc) is 3.46. The highest BCUT2D eigenvalue weighted by Gasteiger charge is 2.27. The minimum absolute atomic E-state index is 0.0457. The van der Waals surface area contributed by atoms with Crippen LogP contribution in [0.2, 0.25) is 0 Å². The number of carboxylic acids is 1. The summed E-state index contributed by atoms with van der Waals surface area (Å²) < 4.78 is 15.8. The largest absolute Gasteiger partial charge is 0.481 e. The van der Waals surface area contributed by atoms with Gasteiger partial charge in [0.25, 0.3) is 0 Å². The van der Waals surface area contributed by atoms with Gasteiger partial charge in [0.15, 0.2) is 11.5 Å². The average molecular weight is 502 g/mol. The SMILES string of the molecule is Cc1nn(-c2cccc(C(CC(=O)O)CN3CCC(CCc4ccc5cccnc5n4)C3)c2)c(C)c1F. The number of carboxylic acid groups (broad SMARTS) is 1. The van der Waals surface area contributed by atoms with Gasteiger partial charge < -0.3 is 10.0 Å². The number of pyridine rings is 2. The first kappa shape index (κ1) is 25.0. The van der Waals surface area contributed by atoms with Crippen LogP contribution in [0.5, 0.6) is 0 Å². The minimum Gasteiger partial charge on any atom is -0.481 e. The van der Waals surface area contributed by atoms with Gasteiger partial charge in [0.2, 0.25) is 0 Å². The molecule has 192 valence electrons. The molecule has 1 aliphatic rings. The summed E-state index contributed by atoms with van der Waals surface area (Å²) in [5.74, 6) is -0.744. The molecular weight excluding hydrogens is 469 g/mol. The van der Waals surface area contributed by atoms with Crippen molar-refractivity contribution in [2.24, 2.45) is 5.92 Å². The Morgan fingerprint density at radius 1 is 1.19 bits per heavy atom. The fourth-order valence-corrected chi connectivity index (χ4v) is 5.39. The number of aromatic nitrogens is 4. The second kappa shape index (κ2) is 10.8. The van der Waals surface area contributed by atoms with Crippen LogP contribution in [0.4, 0.5) is 4.39 Å². The highest BCUT2D eigenvalue weighted by molar-refractivity contribution is 5.74. The predicted octanol–water partition coefficient (Wildman–Crippen LogP) is 5.08. The molecule has 5 rings (SSSR count). The lowest BCUT2D eigenvalue weighted by molar-refractivity contribution is -0.137. The van der Waals surface area contributed by atoms with E-state index in [0.717, 1.165) is 60.3 Å². The van der Waals surface area contributed by atoms with Crippen molar-refractivity contribution >= 4 is 17.0 Å². The first-order chi connectivity index (χ1) is 17.9. The number of hydrogen-bond donors (Lipinski definition) is 1. The van der Waals surface area contributed by atoms with E-state index in [2.05, 4.69) is 27.1 Å². The molecule has 0 aliphatic carbocycles. The normalized spacial score (nSPS) is 16.9. The molecule has 0 saturated carbocycles. The summed E-state index contributed by atoms with van der Waals surface area (Å²) in [7, 11) is 0. The maximum absolute atomic E-state index is 14.2. The summed E-state index contributed by atoms with van der Waals surface area (Å²) in [6, 6.07) is 15.8. The van der Waals surface area contributed by atoms with Gasteiger partial charge in [-0.3, -0.25) is 4.79 Å². The smallest absolute Gasteiger partial charge is 0.304 e. The Labute approximate surface area is 216 Å². The van der Waals surface area contributed by atoms with Crippen molar-refractivity contribution in [1.82, 2.24) is 24.6 Å². The van der Waals surface area contributed by atoms with Gasteiger partial charge in [0.1, 0.15) is 0 Å². The van der Waals surface area contributed by atoms with Crippen LogP contribution in [-0.2, 0) is 11.2 Å². The van der Waals surface area contributed by atoms with Gasteiger partial charge in [0.05, 0.1) is 23.5 Å². The van der Waals surface area contributed by atoms with Crippen molar-refractivity contribution in [2.75, 3.05) is 19.6 Å². The molecule has 3 aromatic heterocycles. The fraction of sp³-hybridized carbons (Fsp3) is 0.379. The highest BCUT2D eigenvalue weighted by atomic mass is 19.1. The van der Waals surface area contributed by atoms with Gasteiger partial charge in [-0.1, -0.05) is 12.1 Å². The van der Waals surface area contributed by atoms with E-state index in [4.69, 9.17) is 4.98 Å². The summed E-state index contributed by atoms with van der Waals surface area (Å²) >= 11 is 0. The molecule has 0 bridgehead atoms. The Bertz CT molecular complexity index is 1420. The molecule has 1 N–H and O–H groups in total. The van der Waals surface area contributed by atoms with Crippen molar-refractivity contribution < 1.29 is 14.3 Å². The molecule has 1 aromatic carbocycles. The van der Waals surface area contributed by atoms with Crippen molar-refractivity contribution in [2.45, 2.75) is 45.4 Å². The number of aryl methyl sites for hydroxylation is 2. The van der Waals surface area contributed by atoms with Crippen LogP contribution >= 0.6 is 0 Å². The Balaban J connectivity index is 1.24. The van der Waals surface area contributed by atoms with E-state index in [0.29, 0.717) is 23.9 Å². The summed E-state index contributed by atoms with van der Waals surface area (Å²) in [6.07, 6.45) is 4.86. The Morgan fingerprint density at radius 3 is 2.84 bits per heavy atom. The standard InChI is InChI=1S/C29H32FN5O2/c1-19-28(30)20(2)35(33-19)26-7-3-5-23(15-26)24(16-27(36)37)18-34-14-12-21(17-34)8-10-25-11-9-22-6-4-13-31-29(22)32-25/h3-7,9,11,13,15,21,24H,8,10,12,14,16-18H2,1-2H3,(H,36,37). The maximum atomic E-state index is 14.2. The second-order valence-electron chi connectivity index (χ2n) is 10.1. The van der Waals surface area contributed by atoms with Crippen LogP contribution in [0, 0.1) is 25.6 Å². The minimum atomic E-state index is -0.820. The van der Waals surface area contributed by atoms with Crippen LogP contribution in [0.15, 0.2) is 54.7 Å². The molecule has 0 spiro atoms. The van der Waals surface area contributed by atoms with Gasteiger partial charge in [0, 0.05) is 36.3 Å². The van der Waals surface area contributed by atoms with E-state index in [1.807, 2.05) is 36.4 Å². The number of aliphatic carboxylic acids is 1. The number of fused-ring (bicyclic) bond motifs is 1. The van der Waals surface area contributed by atoms with Crippen LogP contribution in [0.1, 0.15) is 47.8 Å². The summed E-state index contributed by atoms with van der Waals surface area (Å²) in [4.78, 5) is 23.2. The van der Waals surface area contributed by atoms with Crippen molar-refractivity contribution in [3.05, 3.63) is 83.2 Å². The number of hydrogen-bond acceptors (Lipinski definition) is 5. The zero-order chi connectivity index (χ0) is 25.9. The number of nitrogens with zero attached hydrogens (tertiary/aromatic N) is 5. The quantitative estimate of drug-likeness (QED) is 0.344. The first-order valence-electron chi connectivity index (χ1n) is 12.8. The molecule has 0 amide bonds. The zero-order valence-corrected chi connectivity index (χ0v) is 21.3. The molecule has 2 unspecified atom stereocenters. The van der Waals surface area contributed by atoms with Crippen LogP contribution in [0.3, 0.4) is 0 Å². The number of likely N-dealkylation sites (tertiary alicyclic amines) is 1. The number of benzene rings is 1. The molecule has 1 saturated heterocycles. The van der Waals surface area contributed by atoms with E-state index in [1.165, 1.54) is 0 Å². The monoisotopic (exact) mass is 501 g/mol. The zero-order valence-electron chi connectivity index (χ0n) is 21.3. The van der Waals surface area contributed by atoms with E-state index in [1.54, 1.807) is 24.7 Å². The third-order valence-electron chi connectivity index (χ3n) is 7.39. The lowest BCUT2D eigenvalue weighted by atomic mass is 9.94. The van der Waals surface area contributed by atoms with Crippen LogP contribution in [0.25, 0.3) is 16.7 Å². The molecule has 7 nitrogen and oxygen atoms in total. The van der Waals surface area contributed by atoms with Crippen molar-refractivity contribution in [3.63, 3.8) is 0 Å². The van der Waals surface area contributed by atoms with Gasteiger partial charge in [-0.2, -0.15) is 5.10 Å². The Kier molecular flexibility index (Phi) is 7.28. The lowest BCUT2D eigenvalue weighted by Crippen LogP contribution is -2.28. The van der Waals surface area contributed by atoms with Crippen molar-refractivity contribution in [3.8, 4) is 5.69 Å². The summed E-state index contributed by atoms with van der Waals surface area (Å²) in [6.45, 7) is 5.92. The highest BCUT2D eigenvalue weighted by Crippen LogP contribution is 2.29. The third kappa shape index (κ3) is 5.69. The van der Waals surface area contributed by atoms with E-state index >= 15 is 0 Å². The van der Waals surface area contributed by atoms with Crippen molar-refractivity contribution in [1.29, 1.82) is 0 Å². The topological polar surface area (TPSA) is 84.1 Å². The number of rotatable bonds is 9. The molecule has 37 heavy (non-hydrogen) atoms. The summed E-state index contributed by atoms with van der Waals surface area (Å²) in [5.41, 5.74) is 4.32. The predicted molar refractivity (Wildman–Crippen MR) is 140 cm³/mol. The third-order valence-corrected chi connectivity index (χ3v) is 7.39. The van der Waals surface area contributed by atoms with Crippen LogP contribution in [-0.4, -0.2) is 55.4 Å². The van der Waals surface area contributed by atoms with Gasteiger partial charge in [-0.25, -0.2) is 19.0 Å².